The lowest BCUT2D eigenvalue weighted by Gasteiger charge is -2.24. The minimum atomic E-state index is -1.01. The van der Waals surface area contributed by atoms with Gasteiger partial charge in [0, 0.05) is 45.8 Å². The molecule has 1 fully saturated rings. The Morgan fingerprint density at radius 3 is 1.73 bits per heavy atom. The van der Waals surface area contributed by atoms with Crippen LogP contribution in [0.25, 0.3) is 0 Å². The Labute approximate surface area is 129 Å². The quantitative estimate of drug-likeness (QED) is 0.864. The van der Waals surface area contributed by atoms with Crippen molar-refractivity contribution in [3.8, 4) is 0 Å². The number of rotatable bonds is 2. The van der Waals surface area contributed by atoms with Gasteiger partial charge < -0.3 is 20.0 Å². The molecule has 1 saturated heterocycles. The number of carbonyl (C=O) groups is 2. The molecule has 2 amide bonds. The van der Waals surface area contributed by atoms with Gasteiger partial charge in [0.15, 0.2) is 0 Å². The summed E-state index contributed by atoms with van der Waals surface area (Å²) in [5.41, 5.74) is 1.13. The van der Waals surface area contributed by atoms with Gasteiger partial charge in [0.25, 0.3) is 0 Å². The topological polar surface area (TPSA) is 84.3 Å². The smallest absolute Gasteiger partial charge is 0.407 e. The molecule has 2 N–H and O–H groups in total. The normalized spacial score (nSPS) is 17.5. The van der Waals surface area contributed by atoms with E-state index in [0.717, 1.165) is 5.56 Å². The van der Waals surface area contributed by atoms with E-state index in [1.807, 2.05) is 30.3 Å². The first kappa shape index (κ1) is 16.1. The third kappa shape index (κ3) is 4.63. The largest absolute Gasteiger partial charge is 0.465 e. The lowest BCUT2D eigenvalue weighted by molar-refractivity contribution is 0.127. The van der Waals surface area contributed by atoms with Crippen molar-refractivity contribution in [3.05, 3.63) is 35.9 Å². The Hall–Kier alpha value is -2.28. The first-order valence-corrected chi connectivity index (χ1v) is 7.28. The Balaban J connectivity index is 2.06. The highest BCUT2D eigenvalue weighted by molar-refractivity contribution is 5.66. The van der Waals surface area contributed by atoms with E-state index in [0.29, 0.717) is 32.7 Å². The van der Waals surface area contributed by atoms with Gasteiger partial charge in [0.05, 0.1) is 0 Å². The highest BCUT2D eigenvalue weighted by atomic mass is 16.4. The number of carboxylic acid groups (broad SMARTS) is 2. The second kappa shape index (κ2) is 7.65. The van der Waals surface area contributed by atoms with Gasteiger partial charge in [-0.25, -0.2) is 9.59 Å². The van der Waals surface area contributed by atoms with Crippen LogP contribution >= 0.6 is 0 Å². The van der Waals surface area contributed by atoms with Crippen LogP contribution in [0, 0.1) is 0 Å². The molecular formula is C15H21N3O4. The maximum Gasteiger partial charge on any atom is 0.407 e. The van der Waals surface area contributed by atoms with Gasteiger partial charge in [0.2, 0.25) is 0 Å². The van der Waals surface area contributed by atoms with Crippen LogP contribution in [0.4, 0.5) is 9.59 Å². The van der Waals surface area contributed by atoms with E-state index in [9.17, 15) is 19.8 Å². The van der Waals surface area contributed by atoms with Gasteiger partial charge in [0.1, 0.15) is 0 Å². The Bertz CT molecular complexity index is 483. The Morgan fingerprint density at radius 2 is 1.27 bits per heavy atom. The number of nitrogens with zero attached hydrogens (tertiary/aromatic N) is 3. The van der Waals surface area contributed by atoms with Crippen molar-refractivity contribution in [2.75, 3.05) is 39.3 Å². The van der Waals surface area contributed by atoms with E-state index in [4.69, 9.17) is 0 Å². The van der Waals surface area contributed by atoms with Gasteiger partial charge in [-0.15, -0.1) is 0 Å². The van der Waals surface area contributed by atoms with Crippen LogP contribution in [0.1, 0.15) is 5.56 Å². The molecule has 1 aliphatic rings. The fraction of sp³-hybridized carbons (Fsp3) is 0.467. The molecule has 0 atom stereocenters. The summed E-state index contributed by atoms with van der Waals surface area (Å²) in [4.78, 5) is 27.1. The summed E-state index contributed by atoms with van der Waals surface area (Å²) in [6.07, 6.45) is -2.02. The average molecular weight is 307 g/mol. The van der Waals surface area contributed by atoms with Gasteiger partial charge in [-0.3, -0.25) is 4.90 Å². The van der Waals surface area contributed by atoms with Crippen LogP contribution in [-0.4, -0.2) is 76.4 Å². The zero-order valence-electron chi connectivity index (χ0n) is 12.4. The summed E-state index contributed by atoms with van der Waals surface area (Å²) in [5, 5.41) is 18.4. The summed E-state index contributed by atoms with van der Waals surface area (Å²) in [6.45, 7) is 3.05. The maximum absolute atomic E-state index is 11.2. The average Bonchev–Trinajstić information content (AvgIpc) is 2.59. The van der Waals surface area contributed by atoms with Gasteiger partial charge >= 0.3 is 12.2 Å². The van der Waals surface area contributed by atoms with Gasteiger partial charge in [-0.2, -0.15) is 0 Å². The monoisotopic (exact) mass is 307 g/mol. The summed E-state index contributed by atoms with van der Waals surface area (Å²) in [6, 6.07) is 9.88. The number of benzene rings is 1. The molecule has 1 heterocycles. The summed E-state index contributed by atoms with van der Waals surface area (Å²) in [7, 11) is 0. The van der Waals surface area contributed by atoms with E-state index in [-0.39, 0.29) is 13.1 Å². The van der Waals surface area contributed by atoms with Crippen molar-refractivity contribution in [1.82, 2.24) is 14.7 Å². The predicted octanol–water partition coefficient (Wildman–Crippen LogP) is 1.46. The van der Waals surface area contributed by atoms with Gasteiger partial charge in [-0.05, 0) is 5.56 Å². The lowest BCUT2D eigenvalue weighted by atomic mass is 10.2. The van der Waals surface area contributed by atoms with Crippen molar-refractivity contribution in [2.24, 2.45) is 0 Å². The molecule has 0 radical (unpaired) electrons. The highest BCUT2D eigenvalue weighted by Crippen LogP contribution is 2.07. The van der Waals surface area contributed by atoms with Crippen molar-refractivity contribution >= 4 is 12.2 Å². The second-order valence-electron chi connectivity index (χ2n) is 5.30. The van der Waals surface area contributed by atoms with Crippen LogP contribution in [-0.2, 0) is 6.54 Å². The van der Waals surface area contributed by atoms with Crippen LogP contribution in [0.2, 0.25) is 0 Å². The SMILES string of the molecule is O=C(O)N1CCN(Cc2ccccc2)CCN(C(=O)O)CC1. The van der Waals surface area contributed by atoms with Gasteiger partial charge in [-0.1, -0.05) is 30.3 Å². The fourth-order valence-electron chi connectivity index (χ4n) is 2.48. The molecule has 7 heteroatoms. The van der Waals surface area contributed by atoms with E-state index in [1.165, 1.54) is 9.80 Å². The Kier molecular flexibility index (Phi) is 5.60. The molecule has 0 bridgehead atoms. The molecule has 120 valence electrons. The molecule has 0 unspecified atom stereocenters. The fourth-order valence-corrected chi connectivity index (χ4v) is 2.48. The standard InChI is InChI=1S/C15H21N3O4/c19-14(20)17-8-6-16(12-13-4-2-1-3-5-13)7-9-18(11-10-17)15(21)22/h1-5H,6-12H2,(H,19,20)(H,21,22). The summed E-state index contributed by atoms with van der Waals surface area (Å²) in [5.74, 6) is 0. The van der Waals surface area contributed by atoms with E-state index in [1.54, 1.807) is 0 Å². The molecule has 2 rings (SSSR count). The minimum absolute atomic E-state index is 0.209. The minimum Gasteiger partial charge on any atom is -0.465 e. The molecule has 0 spiro atoms. The van der Waals surface area contributed by atoms with Crippen molar-refractivity contribution in [2.45, 2.75) is 6.54 Å². The first-order chi connectivity index (χ1) is 10.6. The van der Waals surface area contributed by atoms with Crippen LogP contribution < -0.4 is 0 Å². The Morgan fingerprint density at radius 1 is 0.818 bits per heavy atom. The molecular weight excluding hydrogens is 286 g/mol. The van der Waals surface area contributed by atoms with E-state index < -0.39 is 12.2 Å². The molecule has 0 aromatic heterocycles. The number of hydrogen-bond donors (Lipinski definition) is 2. The summed E-state index contributed by atoms with van der Waals surface area (Å²) < 4.78 is 0. The van der Waals surface area contributed by atoms with Crippen LogP contribution in [0.5, 0.6) is 0 Å². The maximum atomic E-state index is 11.2. The molecule has 22 heavy (non-hydrogen) atoms. The van der Waals surface area contributed by atoms with Crippen LogP contribution in [0.3, 0.4) is 0 Å². The number of hydrogen-bond acceptors (Lipinski definition) is 3. The molecule has 1 aliphatic heterocycles. The van der Waals surface area contributed by atoms with Crippen molar-refractivity contribution in [1.29, 1.82) is 0 Å². The zero-order valence-corrected chi connectivity index (χ0v) is 12.4. The lowest BCUT2D eigenvalue weighted by Crippen LogP contribution is -2.40. The third-order valence-corrected chi connectivity index (χ3v) is 3.80. The first-order valence-electron chi connectivity index (χ1n) is 7.28. The molecule has 7 nitrogen and oxygen atoms in total. The second-order valence-corrected chi connectivity index (χ2v) is 5.30. The van der Waals surface area contributed by atoms with E-state index in [2.05, 4.69) is 4.90 Å². The number of amides is 2. The predicted molar refractivity (Wildman–Crippen MR) is 80.9 cm³/mol. The van der Waals surface area contributed by atoms with E-state index >= 15 is 0 Å². The van der Waals surface area contributed by atoms with Crippen LogP contribution in [0.15, 0.2) is 30.3 Å². The van der Waals surface area contributed by atoms with Crippen molar-refractivity contribution in [3.63, 3.8) is 0 Å². The highest BCUT2D eigenvalue weighted by Gasteiger charge is 2.21. The van der Waals surface area contributed by atoms with Crippen molar-refractivity contribution < 1.29 is 19.8 Å². The molecule has 1 aromatic carbocycles. The third-order valence-electron chi connectivity index (χ3n) is 3.80. The molecule has 0 aliphatic carbocycles. The zero-order chi connectivity index (χ0) is 15.9. The summed E-state index contributed by atoms with van der Waals surface area (Å²) >= 11 is 0. The molecule has 0 saturated carbocycles. The molecule has 1 aromatic rings.